The summed E-state index contributed by atoms with van der Waals surface area (Å²) in [5.74, 6) is 0.617. The smallest absolute Gasteiger partial charge is 0.410 e. The number of aromatic nitrogens is 2. The van der Waals surface area contributed by atoms with Crippen LogP contribution in [0.2, 0.25) is 0 Å². The molecule has 1 saturated heterocycles. The summed E-state index contributed by atoms with van der Waals surface area (Å²) in [7, 11) is 0. The van der Waals surface area contributed by atoms with Gasteiger partial charge in [0.25, 0.3) is 0 Å². The summed E-state index contributed by atoms with van der Waals surface area (Å²) >= 11 is 0. The molecule has 170 valence electrons. The first-order valence-electron chi connectivity index (χ1n) is 11.4. The largest absolute Gasteiger partial charge is 0.472 e. The molecule has 6 heteroatoms. The Labute approximate surface area is 193 Å². The lowest BCUT2D eigenvalue weighted by Crippen LogP contribution is -2.36. The van der Waals surface area contributed by atoms with E-state index in [9.17, 15) is 4.79 Å². The van der Waals surface area contributed by atoms with Gasteiger partial charge in [0, 0.05) is 31.1 Å². The Hall–Kier alpha value is -3.54. The molecular formula is C27H29N3O3. The van der Waals surface area contributed by atoms with Gasteiger partial charge in [-0.25, -0.2) is 9.78 Å². The number of rotatable bonds is 4. The zero-order chi connectivity index (χ0) is 23.0. The van der Waals surface area contributed by atoms with Crippen LogP contribution < -0.4 is 4.74 Å². The number of pyridine rings is 1. The van der Waals surface area contributed by atoms with Crippen molar-refractivity contribution in [2.45, 2.75) is 45.4 Å². The summed E-state index contributed by atoms with van der Waals surface area (Å²) in [5, 5.41) is 2.09. The molecular weight excluding hydrogens is 414 g/mol. The predicted octanol–water partition coefficient (Wildman–Crippen LogP) is 5.63. The van der Waals surface area contributed by atoms with Gasteiger partial charge in [-0.05, 0) is 38.5 Å². The number of benzene rings is 2. The highest BCUT2D eigenvalue weighted by Crippen LogP contribution is 2.33. The molecule has 6 nitrogen and oxygen atoms in total. The van der Waals surface area contributed by atoms with Gasteiger partial charge in [-0.2, -0.15) is 0 Å². The van der Waals surface area contributed by atoms with E-state index in [1.807, 2.05) is 45.0 Å². The van der Waals surface area contributed by atoms with Crippen LogP contribution in [-0.4, -0.2) is 45.3 Å². The van der Waals surface area contributed by atoms with Crippen LogP contribution >= 0.6 is 0 Å². The van der Waals surface area contributed by atoms with Crippen LogP contribution in [-0.2, 0) is 11.3 Å². The number of nitrogens with zero attached hydrogens (tertiary/aromatic N) is 3. The number of carbonyl (C=O) groups excluding carboxylic acids is 1. The Morgan fingerprint density at radius 1 is 1.03 bits per heavy atom. The third-order valence-corrected chi connectivity index (χ3v) is 5.85. The minimum Gasteiger partial charge on any atom is -0.472 e. The minimum atomic E-state index is -0.510. The van der Waals surface area contributed by atoms with Crippen LogP contribution in [0.3, 0.4) is 0 Å². The molecule has 0 saturated carbocycles. The van der Waals surface area contributed by atoms with Crippen molar-refractivity contribution in [3.63, 3.8) is 0 Å². The summed E-state index contributed by atoms with van der Waals surface area (Å²) in [4.78, 5) is 19.0. The van der Waals surface area contributed by atoms with Gasteiger partial charge in [0.05, 0.1) is 23.0 Å². The molecule has 2 aromatic heterocycles. The van der Waals surface area contributed by atoms with Crippen LogP contribution in [0, 0.1) is 0 Å². The van der Waals surface area contributed by atoms with E-state index in [0.717, 1.165) is 34.8 Å². The number of amides is 1. The lowest BCUT2D eigenvalue weighted by atomic mass is 10.1. The van der Waals surface area contributed by atoms with E-state index >= 15 is 0 Å². The molecule has 0 aliphatic carbocycles. The Morgan fingerprint density at radius 3 is 2.58 bits per heavy atom. The molecule has 1 aliphatic heterocycles. The van der Waals surface area contributed by atoms with Gasteiger partial charge in [0.1, 0.15) is 11.7 Å². The maximum Gasteiger partial charge on any atom is 0.410 e. The van der Waals surface area contributed by atoms with Crippen molar-refractivity contribution in [3.05, 3.63) is 72.4 Å². The van der Waals surface area contributed by atoms with Crippen molar-refractivity contribution >= 4 is 27.9 Å². The predicted molar refractivity (Wildman–Crippen MR) is 130 cm³/mol. The fourth-order valence-corrected chi connectivity index (χ4v) is 4.36. The van der Waals surface area contributed by atoms with E-state index in [0.29, 0.717) is 19.0 Å². The summed E-state index contributed by atoms with van der Waals surface area (Å²) in [5.41, 5.74) is 2.74. The molecule has 0 N–H and O–H groups in total. The SMILES string of the molecule is CC(C)(C)OC(=O)N1CCC(Oc2nc3ccccc3c3c2ccn3Cc2ccccc2)C1. The first-order valence-corrected chi connectivity index (χ1v) is 11.4. The number of ether oxygens (including phenoxy) is 2. The van der Waals surface area contributed by atoms with Crippen molar-refractivity contribution in [1.82, 2.24) is 14.5 Å². The zero-order valence-corrected chi connectivity index (χ0v) is 19.3. The van der Waals surface area contributed by atoms with E-state index in [4.69, 9.17) is 14.5 Å². The molecule has 3 heterocycles. The number of carbonyl (C=O) groups is 1. The highest BCUT2D eigenvalue weighted by atomic mass is 16.6. The zero-order valence-electron chi connectivity index (χ0n) is 19.3. The Balaban J connectivity index is 1.45. The Kier molecular flexibility index (Phi) is 5.44. The number of hydrogen-bond acceptors (Lipinski definition) is 4. The van der Waals surface area contributed by atoms with Crippen molar-refractivity contribution in [2.75, 3.05) is 13.1 Å². The average molecular weight is 444 g/mol. The molecule has 0 bridgehead atoms. The standard InChI is InChI=1S/C27H29N3O3/c1-27(2,3)33-26(31)30-15-13-20(18-30)32-25-22-14-16-29(17-19-9-5-4-6-10-19)24(22)21-11-7-8-12-23(21)28-25/h4-12,14,16,20H,13,15,17-18H2,1-3H3. The molecule has 0 radical (unpaired) electrons. The highest BCUT2D eigenvalue weighted by molar-refractivity contribution is 6.06. The number of fused-ring (bicyclic) bond motifs is 3. The first-order chi connectivity index (χ1) is 15.9. The van der Waals surface area contributed by atoms with E-state index in [1.165, 1.54) is 5.56 Å². The number of likely N-dealkylation sites (tertiary alicyclic amines) is 1. The Bertz CT molecular complexity index is 1290. The molecule has 2 aromatic carbocycles. The van der Waals surface area contributed by atoms with Gasteiger partial charge in [0.15, 0.2) is 0 Å². The molecule has 5 rings (SSSR count). The summed E-state index contributed by atoms with van der Waals surface area (Å²) in [6.07, 6.45) is 2.44. The monoisotopic (exact) mass is 443 g/mol. The van der Waals surface area contributed by atoms with E-state index in [2.05, 4.69) is 47.2 Å². The summed E-state index contributed by atoms with van der Waals surface area (Å²) in [6, 6.07) is 20.7. The summed E-state index contributed by atoms with van der Waals surface area (Å²) in [6.45, 7) is 7.52. The second-order valence-electron chi connectivity index (χ2n) is 9.58. The molecule has 1 atom stereocenters. The van der Waals surface area contributed by atoms with Gasteiger partial charge in [0.2, 0.25) is 5.88 Å². The quantitative estimate of drug-likeness (QED) is 0.410. The number of para-hydroxylation sites is 1. The second kappa shape index (κ2) is 8.43. The van der Waals surface area contributed by atoms with Gasteiger partial charge < -0.3 is 18.9 Å². The molecule has 1 fully saturated rings. The molecule has 33 heavy (non-hydrogen) atoms. The Morgan fingerprint density at radius 2 is 1.79 bits per heavy atom. The van der Waals surface area contributed by atoms with E-state index in [1.54, 1.807) is 4.90 Å². The van der Waals surface area contributed by atoms with Crippen LogP contribution in [0.1, 0.15) is 32.8 Å². The lowest BCUT2D eigenvalue weighted by molar-refractivity contribution is 0.0275. The van der Waals surface area contributed by atoms with Crippen molar-refractivity contribution in [3.8, 4) is 5.88 Å². The van der Waals surface area contributed by atoms with Gasteiger partial charge in [-0.3, -0.25) is 0 Å². The maximum atomic E-state index is 12.5. The van der Waals surface area contributed by atoms with Crippen LogP contribution in [0.4, 0.5) is 4.79 Å². The first kappa shape index (κ1) is 21.3. The van der Waals surface area contributed by atoms with Crippen molar-refractivity contribution in [2.24, 2.45) is 0 Å². The van der Waals surface area contributed by atoms with E-state index in [-0.39, 0.29) is 12.2 Å². The molecule has 1 amide bonds. The molecule has 0 spiro atoms. The summed E-state index contributed by atoms with van der Waals surface area (Å²) < 4.78 is 14.2. The van der Waals surface area contributed by atoms with Crippen molar-refractivity contribution in [1.29, 1.82) is 0 Å². The highest BCUT2D eigenvalue weighted by Gasteiger charge is 2.31. The van der Waals surface area contributed by atoms with Gasteiger partial charge >= 0.3 is 6.09 Å². The van der Waals surface area contributed by atoms with E-state index < -0.39 is 5.60 Å². The van der Waals surface area contributed by atoms with Gasteiger partial charge in [-0.1, -0.05) is 48.5 Å². The van der Waals surface area contributed by atoms with Gasteiger partial charge in [-0.15, -0.1) is 0 Å². The van der Waals surface area contributed by atoms with Crippen LogP contribution in [0.15, 0.2) is 66.9 Å². The minimum absolute atomic E-state index is 0.119. The molecule has 1 aliphatic rings. The fraction of sp³-hybridized carbons (Fsp3) is 0.333. The topological polar surface area (TPSA) is 56.6 Å². The lowest BCUT2D eigenvalue weighted by Gasteiger charge is -2.24. The fourth-order valence-electron chi connectivity index (χ4n) is 4.36. The van der Waals surface area contributed by atoms with Crippen molar-refractivity contribution < 1.29 is 14.3 Å². The third kappa shape index (κ3) is 4.51. The number of hydrogen-bond donors (Lipinski definition) is 0. The van der Waals surface area contributed by atoms with Crippen LogP contribution in [0.5, 0.6) is 5.88 Å². The maximum absolute atomic E-state index is 12.5. The molecule has 1 unspecified atom stereocenters. The normalized spacial score (nSPS) is 16.5. The molecule has 4 aromatic rings. The average Bonchev–Trinajstić information content (AvgIpc) is 3.41. The van der Waals surface area contributed by atoms with Crippen LogP contribution in [0.25, 0.3) is 21.8 Å². The second-order valence-corrected chi connectivity index (χ2v) is 9.58. The third-order valence-electron chi connectivity index (χ3n) is 5.85.